The van der Waals surface area contributed by atoms with Crippen molar-refractivity contribution in [2.24, 2.45) is 5.73 Å². The number of amides is 1. The lowest BCUT2D eigenvalue weighted by Gasteiger charge is -2.25. The Labute approximate surface area is 86.0 Å². The number of ether oxygens (including phenoxy) is 1. The molecule has 0 aliphatic carbocycles. The standard InChI is InChI=1S/C8H15F3N2O2/c1-7(13-2,6(12)14)3-4-15-5-8(9,10)11/h13H,3-5H2,1-2H3,(H2,12,14). The largest absolute Gasteiger partial charge is 0.411 e. The summed E-state index contributed by atoms with van der Waals surface area (Å²) in [6, 6.07) is 0. The highest BCUT2D eigenvalue weighted by Gasteiger charge is 2.30. The minimum atomic E-state index is -4.34. The molecule has 1 unspecified atom stereocenters. The summed E-state index contributed by atoms with van der Waals surface area (Å²) < 4.78 is 39.4. The number of carbonyl (C=O) groups is 1. The lowest BCUT2D eigenvalue weighted by Crippen LogP contribution is -2.52. The molecule has 0 rings (SSSR count). The summed E-state index contributed by atoms with van der Waals surface area (Å²) >= 11 is 0. The second-order valence-electron chi connectivity index (χ2n) is 3.36. The van der Waals surface area contributed by atoms with Gasteiger partial charge in [0.15, 0.2) is 0 Å². The Morgan fingerprint density at radius 2 is 2.00 bits per heavy atom. The number of rotatable bonds is 6. The normalized spacial score (nSPS) is 16.1. The van der Waals surface area contributed by atoms with Gasteiger partial charge < -0.3 is 15.8 Å². The SMILES string of the molecule is CNC(C)(CCOCC(F)(F)F)C(N)=O. The van der Waals surface area contributed by atoms with Gasteiger partial charge in [-0.1, -0.05) is 0 Å². The molecular formula is C8H15F3N2O2. The fourth-order valence-electron chi connectivity index (χ4n) is 0.836. The van der Waals surface area contributed by atoms with E-state index in [2.05, 4.69) is 10.1 Å². The summed E-state index contributed by atoms with van der Waals surface area (Å²) in [4.78, 5) is 10.9. The van der Waals surface area contributed by atoms with E-state index >= 15 is 0 Å². The number of nitrogens with two attached hydrogens (primary N) is 1. The maximum absolute atomic E-state index is 11.7. The van der Waals surface area contributed by atoms with Crippen molar-refractivity contribution in [3.8, 4) is 0 Å². The predicted molar refractivity (Wildman–Crippen MR) is 48.2 cm³/mol. The van der Waals surface area contributed by atoms with E-state index in [1.807, 2.05) is 0 Å². The van der Waals surface area contributed by atoms with E-state index in [1.165, 1.54) is 14.0 Å². The van der Waals surface area contributed by atoms with Crippen molar-refractivity contribution in [3.05, 3.63) is 0 Å². The Bertz CT molecular complexity index is 220. The molecule has 0 fully saturated rings. The van der Waals surface area contributed by atoms with E-state index in [1.54, 1.807) is 0 Å². The number of likely N-dealkylation sites (N-methyl/N-ethyl adjacent to an activating group) is 1. The minimum Gasteiger partial charge on any atom is -0.372 e. The number of hydrogen-bond donors (Lipinski definition) is 2. The van der Waals surface area contributed by atoms with Gasteiger partial charge in [0.25, 0.3) is 0 Å². The van der Waals surface area contributed by atoms with E-state index < -0.39 is 24.2 Å². The van der Waals surface area contributed by atoms with Crippen LogP contribution in [0.25, 0.3) is 0 Å². The molecule has 0 aliphatic rings. The van der Waals surface area contributed by atoms with Crippen molar-refractivity contribution in [1.29, 1.82) is 0 Å². The summed E-state index contributed by atoms with van der Waals surface area (Å²) in [6.45, 7) is 0.0115. The Hall–Kier alpha value is -0.820. The van der Waals surface area contributed by atoms with Gasteiger partial charge in [-0.3, -0.25) is 4.79 Å². The van der Waals surface area contributed by atoms with Gasteiger partial charge in [0.1, 0.15) is 6.61 Å². The molecule has 0 radical (unpaired) electrons. The highest BCUT2D eigenvalue weighted by molar-refractivity contribution is 5.84. The van der Waals surface area contributed by atoms with Crippen molar-refractivity contribution < 1.29 is 22.7 Å². The number of carbonyl (C=O) groups excluding carboxylic acids is 1. The van der Waals surface area contributed by atoms with Crippen LogP contribution in [0.4, 0.5) is 13.2 Å². The second kappa shape index (κ2) is 5.32. The molecule has 0 aromatic rings. The van der Waals surface area contributed by atoms with Crippen molar-refractivity contribution in [2.75, 3.05) is 20.3 Å². The van der Waals surface area contributed by atoms with E-state index in [0.29, 0.717) is 0 Å². The van der Waals surface area contributed by atoms with Crippen LogP contribution in [0.1, 0.15) is 13.3 Å². The first kappa shape index (κ1) is 14.2. The van der Waals surface area contributed by atoms with Gasteiger partial charge in [-0.2, -0.15) is 13.2 Å². The Kier molecular flexibility index (Phi) is 5.02. The predicted octanol–water partition coefficient (Wildman–Crippen LogP) is 0.419. The highest BCUT2D eigenvalue weighted by atomic mass is 19.4. The lowest BCUT2D eigenvalue weighted by molar-refractivity contribution is -0.174. The van der Waals surface area contributed by atoms with Crippen LogP contribution in [0.3, 0.4) is 0 Å². The number of primary amides is 1. The molecule has 0 aromatic carbocycles. The smallest absolute Gasteiger partial charge is 0.372 e. The van der Waals surface area contributed by atoms with Gasteiger partial charge in [-0.15, -0.1) is 0 Å². The maximum Gasteiger partial charge on any atom is 0.411 e. The van der Waals surface area contributed by atoms with E-state index in [0.717, 1.165) is 0 Å². The van der Waals surface area contributed by atoms with Crippen molar-refractivity contribution >= 4 is 5.91 Å². The fraction of sp³-hybridized carbons (Fsp3) is 0.875. The number of halogens is 3. The first-order valence-corrected chi connectivity index (χ1v) is 4.34. The van der Waals surface area contributed by atoms with Crippen LogP contribution < -0.4 is 11.1 Å². The molecule has 0 bridgehead atoms. The average Bonchev–Trinajstić information content (AvgIpc) is 2.10. The van der Waals surface area contributed by atoms with Gasteiger partial charge >= 0.3 is 6.18 Å². The molecule has 0 aromatic heterocycles. The number of alkyl halides is 3. The third kappa shape index (κ3) is 5.58. The molecule has 0 spiro atoms. The monoisotopic (exact) mass is 228 g/mol. The zero-order valence-corrected chi connectivity index (χ0v) is 8.65. The van der Waals surface area contributed by atoms with E-state index in [9.17, 15) is 18.0 Å². The van der Waals surface area contributed by atoms with E-state index in [4.69, 9.17) is 5.73 Å². The van der Waals surface area contributed by atoms with Gasteiger partial charge in [-0.05, 0) is 20.4 Å². The zero-order chi connectivity index (χ0) is 12.1. The van der Waals surface area contributed by atoms with Gasteiger partial charge in [0, 0.05) is 6.61 Å². The molecular weight excluding hydrogens is 213 g/mol. The number of hydrogen-bond acceptors (Lipinski definition) is 3. The Balaban J connectivity index is 3.89. The van der Waals surface area contributed by atoms with Gasteiger partial charge in [-0.25, -0.2) is 0 Å². The summed E-state index contributed by atoms with van der Waals surface area (Å²) in [5.74, 6) is -0.624. The van der Waals surface area contributed by atoms with Gasteiger partial charge in [0.05, 0.1) is 5.54 Å². The second-order valence-corrected chi connectivity index (χ2v) is 3.36. The van der Waals surface area contributed by atoms with Gasteiger partial charge in [0.2, 0.25) is 5.91 Å². The summed E-state index contributed by atoms with van der Waals surface area (Å²) in [7, 11) is 1.51. The number of nitrogens with one attached hydrogen (secondary N) is 1. The third-order valence-corrected chi connectivity index (χ3v) is 2.11. The first-order chi connectivity index (χ1) is 6.71. The molecule has 0 saturated carbocycles. The van der Waals surface area contributed by atoms with Crippen molar-refractivity contribution in [1.82, 2.24) is 5.32 Å². The van der Waals surface area contributed by atoms with Crippen LogP contribution in [0.15, 0.2) is 0 Å². The quantitative estimate of drug-likeness (QED) is 0.647. The molecule has 0 saturated heterocycles. The molecule has 7 heteroatoms. The Morgan fingerprint density at radius 1 is 1.47 bits per heavy atom. The van der Waals surface area contributed by atoms with E-state index in [-0.39, 0.29) is 13.0 Å². The molecule has 1 amide bonds. The van der Waals surface area contributed by atoms with Crippen LogP contribution in [0.2, 0.25) is 0 Å². The molecule has 1 atom stereocenters. The zero-order valence-electron chi connectivity index (χ0n) is 8.65. The minimum absolute atomic E-state index is 0.0922. The van der Waals surface area contributed by atoms with Crippen LogP contribution in [0, 0.1) is 0 Å². The molecule has 90 valence electrons. The third-order valence-electron chi connectivity index (χ3n) is 2.11. The van der Waals surface area contributed by atoms with Crippen LogP contribution in [0.5, 0.6) is 0 Å². The van der Waals surface area contributed by atoms with Crippen molar-refractivity contribution in [3.63, 3.8) is 0 Å². The summed E-state index contributed by atoms with van der Waals surface area (Å²) in [6.07, 6.45) is -4.25. The van der Waals surface area contributed by atoms with Crippen LogP contribution in [-0.4, -0.2) is 37.9 Å². The Morgan fingerprint density at radius 3 is 2.33 bits per heavy atom. The van der Waals surface area contributed by atoms with Crippen LogP contribution in [-0.2, 0) is 9.53 Å². The topological polar surface area (TPSA) is 64.3 Å². The highest BCUT2D eigenvalue weighted by Crippen LogP contribution is 2.15. The molecule has 3 N–H and O–H groups in total. The van der Waals surface area contributed by atoms with Crippen LogP contribution >= 0.6 is 0 Å². The maximum atomic E-state index is 11.7. The molecule has 4 nitrogen and oxygen atoms in total. The molecule has 0 aliphatic heterocycles. The summed E-state index contributed by atoms with van der Waals surface area (Å²) in [5.41, 5.74) is 4.03. The lowest BCUT2D eigenvalue weighted by atomic mass is 9.98. The average molecular weight is 228 g/mol. The fourth-order valence-corrected chi connectivity index (χ4v) is 0.836. The summed E-state index contributed by atoms with van der Waals surface area (Å²) in [5, 5.41) is 2.64. The molecule has 0 heterocycles. The molecule has 15 heavy (non-hydrogen) atoms. The first-order valence-electron chi connectivity index (χ1n) is 4.34. The van der Waals surface area contributed by atoms with Crippen molar-refractivity contribution in [2.45, 2.75) is 25.1 Å².